The van der Waals surface area contributed by atoms with E-state index < -0.39 is 0 Å². The zero-order valence-corrected chi connectivity index (χ0v) is 13.6. The third kappa shape index (κ3) is 3.44. The van der Waals surface area contributed by atoms with Crippen molar-refractivity contribution in [3.63, 3.8) is 0 Å². The Morgan fingerprint density at radius 3 is 2.75 bits per heavy atom. The van der Waals surface area contributed by atoms with Crippen LogP contribution in [0.5, 0.6) is 0 Å². The Labute approximate surface area is 129 Å². The summed E-state index contributed by atoms with van der Waals surface area (Å²) in [4.78, 5) is 14.4. The molecule has 2 nitrogen and oxygen atoms in total. The van der Waals surface area contributed by atoms with Gasteiger partial charge in [0.15, 0.2) is 0 Å². The molecule has 0 aliphatic rings. The van der Waals surface area contributed by atoms with Crippen molar-refractivity contribution in [2.45, 2.75) is 31.1 Å². The van der Waals surface area contributed by atoms with Gasteiger partial charge < -0.3 is 5.32 Å². The lowest BCUT2D eigenvalue weighted by atomic mass is 9.91. The Morgan fingerprint density at radius 2 is 2.10 bits per heavy atom. The summed E-state index contributed by atoms with van der Waals surface area (Å²) in [5.74, 6) is -0.0389. The Kier molecular flexibility index (Phi) is 4.55. The average molecular weight is 305 g/mol. The number of aryl methyl sites for hydroxylation is 1. The number of carbonyl (C=O) groups is 1. The molecule has 0 radical (unpaired) electrons. The van der Waals surface area contributed by atoms with Gasteiger partial charge >= 0.3 is 0 Å². The average Bonchev–Trinajstić information content (AvgIpc) is 2.93. The molecule has 0 spiro atoms. The van der Waals surface area contributed by atoms with Crippen molar-refractivity contribution < 1.29 is 4.79 Å². The van der Waals surface area contributed by atoms with Crippen molar-refractivity contribution in [3.8, 4) is 0 Å². The van der Waals surface area contributed by atoms with E-state index in [1.54, 1.807) is 11.3 Å². The first-order valence-electron chi connectivity index (χ1n) is 6.52. The van der Waals surface area contributed by atoms with Crippen molar-refractivity contribution in [2.24, 2.45) is 0 Å². The number of rotatable bonds is 4. The predicted octanol–water partition coefficient (Wildman–Crippen LogP) is 4.05. The van der Waals surface area contributed by atoms with Crippen LogP contribution < -0.4 is 5.32 Å². The molecule has 20 heavy (non-hydrogen) atoms. The van der Waals surface area contributed by atoms with Crippen LogP contribution in [0.1, 0.15) is 34.6 Å². The SMILES string of the molecule is Cc1ccc(S)cc1C(=O)NCC(C)(C)c1cccs1. The topological polar surface area (TPSA) is 29.1 Å². The van der Waals surface area contributed by atoms with Gasteiger partial charge in [0.2, 0.25) is 0 Å². The standard InChI is InChI=1S/C16H19NOS2/c1-11-6-7-12(19)9-13(11)15(18)17-10-16(2,3)14-5-4-8-20-14/h4-9,19H,10H2,1-3H3,(H,17,18). The van der Waals surface area contributed by atoms with E-state index in [0.717, 1.165) is 10.5 Å². The molecule has 1 heterocycles. The molecule has 0 atom stereocenters. The second-order valence-electron chi connectivity index (χ2n) is 5.54. The van der Waals surface area contributed by atoms with Crippen LogP contribution in [0.4, 0.5) is 0 Å². The van der Waals surface area contributed by atoms with Crippen LogP contribution in [0, 0.1) is 6.92 Å². The summed E-state index contributed by atoms with van der Waals surface area (Å²) >= 11 is 6.01. The van der Waals surface area contributed by atoms with E-state index in [1.807, 2.05) is 31.2 Å². The highest BCUT2D eigenvalue weighted by atomic mass is 32.1. The van der Waals surface area contributed by atoms with Gasteiger partial charge in [0, 0.05) is 27.3 Å². The lowest BCUT2D eigenvalue weighted by molar-refractivity contribution is 0.0945. The number of hydrogen-bond donors (Lipinski definition) is 2. The third-order valence-electron chi connectivity index (χ3n) is 3.34. The number of amides is 1. The maximum absolute atomic E-state index is 12.3. The second-order valence-corrected chi connectivity index (χ2v) is 7.01. The van der Waals surface area contributed by atoms with Gasteiger partial charge in [-0.2, -0.15) is 0 Å². The monoisotopic (exact) mass is 305 g/mol. The number of thiophene rings is 1. The number of hydrogen-bond acceptors (Lipinski definition) is 3. The summed E-state index contributed by atoms with van der Waals surface area (Å²) in [6.45, 7) is 6.83. The van der Waals surface area contributed by atoms with Gasteiger partial charge in [0.05, 0.1) is 0 Å². The molecule has 0 aliphatic heterocycles. The molecule has 106 valence electrons. The third-order valence-corrected chi connectivity index (χ3v) is 4.86. The quantitative estimate of drug-likeness (QED) is 0.820. The molecule has 1 aromatic carbocycles. The summed E-state index contributed by atoms with van der Waals surface area (Å²) in [5, 5.41) is 5.09. The second kappa shape index (κ2) is 6.02. The van der Waals surface area contributed by atoms with Gasteiger partial charge in [-0.15, -0.1) is 24.0 Å². The zero-order valence-electron chi connectivity index (χ0n) is 11.9. The van der Waals surface area contributed by atoms with Crippen molar-refractivity contribution in [1.82, 2.24) is 5.32 Å². The largest absolute Gasteiger partial charge is 0.351 e. The minimum absolute atomic E-state index is 0.0389. The Balaban J connectivity index is 2.07. The van der Waals surface area contributed by atoms with Gasteiger partial charge in [-0.3, -0.25) is 4.79 Å². The molecular formula is C16H19NOS2. The summed E-state index contributed by atoms with van der Waals surface area (Å²) in [7, 11) is 0. The highest BCUT2D eigenvalue weighted by Gasteiger charge is 2.23. The summed E-state index contributed by atoms with van der Waals surface area (Å²) in [5.41, 5.74) is 1.60. The van der Waals surface area contributed by atoms with Crippen LogP contribution in [0.15, 0.2) is 40.6 Å². The van der Waals surface area contributed by atoms with E-state index in [9.17, 15) is 4.79 Å². The van der Waals surface area contributed by atoms with E-state index in [-0.39, 0.29) is 11.3 Å². The Hall–Kier alpha value is -1.26. The first-order chi connectivity index (χ1) is 9.40. The number of carbonyl (C=O) groups excluding carboxylic acids is 1. The van der Waals surface area contributed by atoms with Gasteiger partial charge in [-0.05, 0) is 36.1 Å². The molecule has 0 bridgehead atoms. The van der Waals surface area contributed by atoms with Crippen LogP contribution in [-0.4, -0.2) is 12.5 Å². The summed E-state index contributed by atoms with van der Waals surface area (Å²) in [6, 6.07) is 9.77. The van der Waals surface area contributed by atoms with Crippen LogP contribution >= 0.6 is 24.0 Å². The van der Waals surface area contributed by atoms with Crippen molar-refractivity contribution >= 4 is 29.9 Å². The Morgan fingerprint density at radius 1 is 1.35 bits per heavy atom. The molecule has 0 saturated carbocycles. The van der Waals surface area contributed by atoms with Gasteiger partial charge in [-0.1, -0.05) is 26.0 Å². The zero-order chi connectivity index (χ0) is 14.8. The maximum Gasteiger partial charge on any atom is 0.251 e. The molecular weight excluding hydrogens is 286 g/mol. The Bertz CT molecular complexity index is 603. The first kappa shape index (κ1) is 15.1. The summed E-state index contributed by atoms with van der Waals surface area (Å²) in [6.07, 6.45) is 0. The fraction of sp³-hybridized carbons (Fsp3) is 0.312. The molecule has 2 rings (SSSR count). The number of thiol groups is 1. The van der Waals surface area contributed by atoms with E-state index in [1.165, 1.54) is 4.88 Å². The van der Waals surface area contributed by atoms with E-state index in [0.29, 0.717) is 12.1 Å². The normalized spacial score (nSPS) is 11.4. The van der Waals surface area contributed by atoms with Crippen molar-refractivity contribution in [3.05, 3.63) is 51.7 Å². The van der Waals surface area contributed by atoms with Crippen LogP contribution in [-0.2, 0) is 5.41 Å². The van der Waals surface area contributed by atoms with E-state index in [4.69, 9.17) is 0 Å². The van der Waals surface area contributed by atoms with Crippen LogP contribution in [0.2, 0.25) is 0 Å². The van der Waals surface area contributed by atoms with Crippen LogP contribution in [0.25, 0.3) is 0 Å². The lowest BCUT2D eigenvalue weighted by Gasteiger charge is -2.24. The van der Waals surface area contributed by atoms with Gasteiger partial charge in [-0.25, -0.2) is 0 Å². The predicted molar refractivity (Wildman–Crippen MR) is 88.1 cm³/mol. The minimum atomic E-state index is -0.0592. The van der Waals surface area contributed by atoms with Gasteiger partial charge in [0.25, 0.3) is 5.91 Å². The van der Waals surface area contributed by atoms with E-state index in [2.05, 4.69) is 43.2 Å². The number of benzene rings is 1. The molecule has 0 unspecified atom stereocenters. The summed E-state index contributed by atoms with van der Waals surface area (Å²) < 4.78 is 0. The van der Waals surface area contributed by atoms with Crippen LogP contribution in [0.3, 0.4) is 0 Å². The van der Waals surface area contributed by atoms with Gasteiger partial charge in [0.1, 0.15) is 0 Å². The highest BCUT2D eigenvalue weighted by molar-refractivity contribution is 7.80. The molecule has 0 fully saturated rings. The minimum Gasteiger partial charge on any atom is -0.351 e. The molecule has 1 amide bonds. The molecule has 1 N–H and O–H groups in total. The molecule has 4 heteroatoms. The first-order valence-corrected chi connectivity index (χ1v) is 7.84. The van der Waals surface area contributed by atoms with Crippen molar-refractivity contribution in [2.75, 3.05) is 6.54 Å². The lowest BCUT2D eigenvalue weighted by Crippen LogP contribution is -2.36. The fourth-order valence-corrected chi connectivity index (χ4v) is 3.06. The molecule has 0 saturated heterocycles. The molecule has 0 aliphatic carbocycles. The number of nitrogens with one attached hydrogen (secondary N) is 1. The molecule has 2 aromatic rings. The maximum atomic E-state index is 12.3. The molecule has 1 aromatic heterocycles. The highest BCUT2D eigenvalue weighted by Crippen LogP contribution is 2.26. The van der Waals surface area contributed by atoms with Crippen molar-refractivity contribution in [1.29, 1.82) is 0 Å². The smallest absolute Gasteiger partial charge is 0.251 e. The fourth-order valence-electron chi connectivity index (χ4n) is 2.00. The van der Waals surface area contributed by atoms with E-state index >= 15 is 0 Å².